The fourth-order valence-corrected chi connectivity index (χ4v) is 4.04. The number of carbonyl (C=O) groups excluding carboxylic acids is 1. The molecule has 0 aliphatic rings. The van der Waals surface area contributed by atoms with Crippen LogP contribution in [0.3, 0.4) is 0 Å². The number of anilines is 1. The Morgan fingerprint density at radius 2 is 1.96 bits per heavy atom. The molecule has 2 rings (SSSR count). The van der Waals surface area contributed by atoms with Gasteiger partial charge in [0, 0.05) is 11.1 Å². The highest BCUT2D eigenvalue weighted by Crippen LogP contribution is 2.28. The lowest BCUT2D eigenvalue weighted by Gasteiger charge is -2.17. The first kappa shape index (κ1) is 21.6. The van der Waals surface area contributed by atoms with Crippen LogP contribution < -0.4 is 14.8 Å². The van der Waals surface area contributed by atoms with E-state index in [1.807, 2.05) is 0 Å². The Balaban J connectivity index is 2.22. The van der Waals surface area contributed by atoms with Crippen molar-refractivity contribution in [1.29, 1.82) is 0 Å². The zero-order chi connectivity index (χ0) is 21.1. The number of methoxy groups -OCH3 is 1. The minimum atomic E-state index is -4.12. The number of nitrogens with one attached hydrogen (secondary N) is 2. The second kappa shape index (κ2) is 8.55. The van der Waals surface area contributed by atoms with E-state index in [9.17, 15) is 23.3 Å². The summed E-state index contributed by atoms with van der Waals surface area (Å²) in [4.78, 5) is 22.6. The van der Waals surface area contributed by atoms with Gasteiger partial charge in [-0.3, -0.25) is 14.9 Å². The third-order valence-corrected chi connectivity index (χ3v) is 5.70. The molecule has 1 atom stereocenters. The minimum Gasteiger partial charge on any atom is -0.495 e. The van der Waals surface area contributed by atoms with Gasteiger partial charge in [-0.2, -0.15) is 4.72 Å². The van der Waals surface area contributed by atoms with Crippen molar-refractivity contribution in [3.05, 3.63) is 57.1 Å². The molecular weight excluding hydrogens is 410 g/mol. The van der Waals surface area contributed by atoms with Crippen LogP contribution in [-0.4, -0.2) is 32.4 Å². The average Bonchev–Trinajstić information content (AvgIpc) is 2.62. The van der Waals surface area contributed by atoms with E-state index in [1.54, 1.807) is 0 Å². The van der Waals surface area contributed by atoms with Crippen LogP contribution in [0, 0.1) is 17.0 Å². The smallest absolute Gasteiger partial charge is 0.274 e. The highest BCUT2D eigenvalue weighted by molar-refractivity contribution is 7.89. The number of nitro groups is 1. The number of hydrogen-bond acceptors (Lipinski definition) is 6. The topological polar surface area (TPSA) is 128 Å². The second-order valence-corrected chi connectivity index (χ2v) is 7.95. The van der Waals surface area contributed by atoms with Gasteiger partial charge in [0.2, 0.25) is 15.9 Å². The van der Waals surface area contributed by atoms with Crippen molar-refractivity contribution in [2.75, 3.05) is 12.4 Å². The van der Waals surface area contributed by atoms with Crippen LogP contribution in [0.1, 0.15) is 12.5 Å². The molecule has 0 aliphatic heterocycles. The quantitative estimate of drug-likeness (QED) is 0.516. The number of carbonyl (C=O) groups is 1. The van der Waals surface area contributed by atoms with Crippen LogP contribution in [0.5, 0.6) is 5.75 Å². The number of rotatable bonds is 7. The predicted octanol–water partition coefficient (Wildman–Crippen LogP) is 2.87. The summed E-state index contributed by atoms with van der Waals surface area (Å²) >= 11 is 5.86. The van der Waals surface area contributed by atoms with Gasteiger partial charge in [-0.05, 0) is 38.1 Å². The van der Waals surface area contributed by atoms with E-state index < -0.39 is 26.9 Å². The Morgan fingerprint density at radius 3 is 2.57 bits per heavy atom. The largest absolute Gasteiger partial charge is 0.495 e. The van der Waals surface area contributed by atoms with E-state index in [0.29, 0.717) is 0 Å². The van der Waals surface area contributed by atoms with E-state index in [1.165, 1.54) is 57.4 Å². The zero-order valence-electron chi connectivity index (χ0n) is 15.2. The van der Waals surface area contributed by atoms with Crippen molar-refractivity contribution in [3.8, 4) is 5.75 Å². The van der Waals surface area contributed by atoms with Crippen molar-refractivity contribution in [1.82, 2.24) is 4.72 Å². The fourth-order valence-electron chi connectivity index (χ4n) is 2.41. The average molecular weight is 428 g/mol. The van der Waals surface area contributed by atoms with Gasteiger partial charge in [-0.15, -0.1) is 0 Å². The van der Waals surface area contributed by atoms with Crippen molar-refractivity contribution in [2.24, 2.45) is 0 Å². The van der Waals surface area contributed by atoms with Gasteiger partial charge in [0.1, 0.15) is 10.6 Å². The Hall–Kier alpha value is -2.69. The molecule has 0 heterocycles. The van der Waals surface area contributed by atoms with E-state index in [4.69, 9.17) is 16.3 Å². The molecule has 28 heavy (non-hydrogen) atoms. The highest BCUT2D eigenvalue weighted by Gasteiger charge is 2.26. The summed E-state index contributed by atoms with van der Waals surface area (Å²) in [7, 11) is -2.81. The number of nitro benzene ring substituents is 1. The van der Waals surface area contributed by atoms with Crippen LogP contribution in [-0.2, 0) is 14.8 Å². The summed E-state index contributed by atoms with van der Waals surface area (Å²) in [5.41, 5.74) is 0.313. The SMILES string of the molecule is COc1ccc(Cl)cc1S(=O)(=O)NC(C)C(=O)Nc1cccc([N+](=O)[O-])c1C. The molecule has 11 heteroatoms. The van der Waals surface area contributed by atoms with E-state index in [-0.39, 0.29) is 32.6 Å². The first-order valence-corrected chi connectivity index (χ1v) is 9.83. The molecule has 1 unspecified atom stereocenters. The number of nitrogens with zero attached hydrogens (tertiary/aromatic N) is 1. The third kappa shape index (κ3) is 4.77. The van der Waals surface area contributed by atoms with Gasteiger partial charge in [0.25, 0.3) is 5.69 Å². The summed E-state index contributed by atoms with van der Waals surface area (Å²) in [5, 5.41) is 13.7. The number of hydrogen-bond donors (Lipinski definition) is 2. The van der Waals surface area contributed by atoms with E-state index in [2.05, 4.69) is 10.0 Å². The number of sulfonamides is 1. The standard InChI is InChI=1S/C17H18ClN3O6S/c1-10-13(5-4-6-14(10)21(23)24)19-17(22)11(2)20-28(25,26)16-9-12(18)7-8-15(16)27-3/h4-9,11,20H,1-3H3,(H,19,22). The van der Waals surface area contributed by atoms with Crippen molar-refractivity contribution < 1.29 is 22.9 Å². The molecule has 9 nitrogen and oxygen atoms in total. The lowest BCUT2D eigenvalue weighted by molar-refractivity contribution is -0.385. The summed E-state index contributed by atoms with van der Waals surface area (Å²) in [6.07, 6.45) is 0. The first-order valence-electron chi connectivity index (χ1n) is 7.97. The molecule has 0 aromatic heterocycles. The molecule has 2 N–H and O–H groups in total. The van der Waals surface area contributed by atoms with Gasteiger partial charge in [0.05, 0.1) is 29.3 Å². The number of benzene rings is 2. The van der Waals surface area contributed by atoms with Gasteiger partial charge >= 0.3 is 0 Å². The molecule has 150 valence electrons. The molecule has 2 aromatic carbocycles. The molecule has 0 bridgehead atoms. The molecule has 1 amide bonds. The maximum absolute atomic E-state index is 12.6. The van der Waals surface area contributed by atoms with Crippen LogP contribution in [0.15, 0.2) is 41.3 Å². The third-order valence-electron chi connectivity index (χ3n) is 3.90. The Kier molecular flexibility index (Phi) is 6.60. The Morgan fingerprint density at radius 1 is 1.29 bits per heavy atom. The van der Waals surface area contributed by atoms with Gasteiger partial charge in [-0.25, -0.2) is 8.42 Å². The zero-order valence-corrected chi connectivity index (χ0v) is 16.8. The van der Waals surface area contributed by atoms with E-state index >= 15 is 0 Å². The Bertz CT molecular complexity index is 1030. The molecule has 0 saturated carbocycles. The molecule has 0 radical (unpaired) electrons. The number of amides is 1. The highest BCUT2D eigenvalue weighted by atomic mass is 35.5. The maximum Gasteiger partial charge on any atom is 0.274 e. The number of ether oxygens (including phenoxy) is 1. The lowest BCUT2D eigenvalue weighted by Crippen LogP contribution is -2.41. The lowest BCUT2D eigenvalue weighted by atomic mass is 10.1. The van der Waals surface area contributed by atoms with Crippen molar-refractivity contribution in [2.45, 2.75) is 24.8 Å². The molecule has 0 aliphatic carbocycles. The van der Waals surface area contributed by atoms with Crippen LogP contribution in [0.25, 0.3) is 0 Å². The second-order valence-electron chi connectivity index (χ2n) is 5.83. The molecule has 0 fully saturated rings. The van der Waals surface area contributed by atoms with Gasteiger partial charge in [0.15, 0.2) is 0 Å². The summed E-state index contributed by atoms with van der Waals surface area (Å²) in [5.74, 6) is -0.618. The normalized spacial score (nSPS) is 12.3. The predicted molar refractivity (Wildman–Crippen MR) is 104 cm³/mol. The minimum absolute atomic E-state index is 0.0686. The van der Waals surface area contributed by atoms with E-state index in [0.717, 1.165) is 0 Å². The van der Waals surface area contributed by atoms with Crippen LogP contribution in [0.2, 0.25) is 5.02 Å². The van der Waals surface area contributed by atoms with Crippen LogP contribution >= 0.6 is 11.6 Å². The molecule has 0 spiro atoms. The monoisotopic (exact) mass is 427 g/mol. The van der Waals surface area contributed by atoms with Crippen molar-refractivity contribution in [3.63, 3.8) is 0 Å². The fraction of sp³-hybridized carbons (Fsp3) is 0.235. The molecular formula is C17H18ClN3O6S. The molecule has 2 aromatic rings. The summed E-state index contributed by atoms with van der Waals surface area (Å²) in [6, 6.07) is 7.12. The summed E-state index contributed by atoms with van der Waals surface area (Å²) < 4.78 is 32.5. The first-order chi connectivity index (χ1) is 13.1. The molecule has 0 saturated heterocycles. The van der Waals surface area contributed by atoms with Crippen LogP contribution in [0.4, 0.5) is 11.4 Å². The van der Waals surface area contributed by atoms with Gasteiger partial charge in [-0.1, -0.05) is 17.7 Å². The summed E-state index contributed by atoms with van der Waals surface area (Å²) in [6.45, 7) is 2.83. The van der Waals surface area contributed by atoms with Gasteiger partial charge < -0.3 is 10.1 Å². The Labute approximate surface area is 166 Å². The number of halogens is 1. The van der Waals surface area contributed by atoms with Crippen molar-refractivity contribution >= 4 is 38.9 Å². The maximum atomic E-state index is 12.6.